The number of fused-ring (bicyclic) bond motifs is 1. The number of ether oxygens (including phenoxy) is 1. The highest BCUT2D eigenvalue weighted by Crippen LogP contribution is 2.30. The number of furan rings is 1. The molecule has 0 bridgehead atoms. The Bertz CT molecular complexity index is 884. The van der Waals surface area contributed by atoms with Crippen molar-refractivity contribution < 1.29 is 18.7 Å². The third-order valence-electron chi connectivity index (χ3n) is 4.35. The molecule has 3 rings (SSSR count). The minimum Gasteiger partial charge on any atom is -0.460 e. The van der Waals surface area contributed by atoms with Gasteiger partial charge in [0.15, 0.2) is 0 Å². The van der Waals surface area contributed by atoms with Crippen molar-refractivity contribution in [3.63, 3.8) is 0 Å². The first kappa shape index (κ1) is 19.2. The molecule has 0 radical (unpaired) electrons. The van der Waals surface area contributed by atoms with Crippen molar-refractivity contribution in [2.45, 2.75) is 39.5 Å². The largest absolute Gasteiger partial charge is 0.460 e. The molecular weight excluding hydrogens is 368 g/mol. The van der Waals surface area contributed by atoms with Gasteiger partial charge in [0.05, 0.1) is 12.3 Å². The molecule has 0 spiro atoms. The third kappa shape index (κ3) is 4.22. The van der Waals surface area contributed by atoms with Gasteiger partial charge in [0.2, 0.25) is 5.76 Å². The number of rotatable bonds is 5. The summed E-state index contributed by atoms with van der Waals surface area (Å²) in [6.07, 6.45) is 2.99. The van der Waals surface area contributed by atoms with E-state index < -0.39 is 5.97 Å². The Hall–Kier alpha value is -2.60. The van der Waals surface area contributed by atoms with Crippen molar-refractivity contribution in [2.75, 3.05) is 6.61 Å². The molecule has 0 unspecified atom stereocenters. The van der Waals surface area contributed by atoms with Crippen LogP contribution in [-0.4, -0.2) is 24.2 Å². The highest BCUT2D eigenvalue weighted by atomic mass is 35.5. The Kier molecular flexibility index (Phi) is 5.96. The third-order valence-corrected chi connectivity index (χ3v) is 4.60. The zero-order valence-electron chi connectivity index (χ0n) is 15.3. The fraction of sp³-hybridized carbons (Fsp3) is 0.350. The predicted molar refractivity (Wildman–Crippen MR) is 102 cm³/mol. The first-order valence-electron chi connectivity index (χ1n) is 8.93. The second kappa shape index (κ2) is 8.39. The van der Waals surface area contributed by atoms with Crippen LogP contribution >= 0.6 is 11.6 Å². The van der Waals surface area contributed by atoms with Crippen LogP contribution in [0.1, 0.15) is 64.0 Å². The highest BCUT2D eigenvalue weighted by molar-refractivity contribution is 6.30. The molecule has 0 saturated carbocycles. The summed E-state index contributed by atoms with van der Waals surface area (Å²) in [4.78, 5) is 24.5. The topological polar surface area (TPSA) is 80.9 Å². The summed E-state index contributed by atoms with van der Waals surface area (Å²) in [5.41, 5.74) is 5.24. The van der Waals surface area contributed by atoms with Gasteiger partial charge in [0.1, 0.15) is 5.76 Å². The molecule has 1 heterocycles. The van der Waals surface area contributed by atoms with E-state index >= 15 is 0 Å². The van der Waals surface area contributed by atoms with Gasteiger partial charge in [-0.15, -0.1) is 0 Å². The van der Waals surface area contributed by atoms with Crippen LogP contribution in [0.4, 0.5) is 0 Å². The summed E-state index contributed by atoms with van der Waals surface area (Å²) >= 11 is 5.84. The molecule has 142 valence electrons. The second-order valence-corrected chi connectivity index (χ2v) is 6.79. The normalized spacial score (nSPS) is 14.7. The lowest BCUT2D eigenvalue weighted by Crippen LogP contribution is -2.22. The number of carbonyl (C=O) groups is 2. The Morgan fingerprint density at radius 1 is 1.26 bits per heavy atom. The number of halogens is 1. The van der Waals surface area contributed by atoms with E-state index in [1.807, 2.05) is 13.8 Å². The Balaban J connectivity index is 1.82. The monoisotopic (exact) mass is 388 g/mol. The van der Waals surface area contributed by atoms with Crippen molar-refractivity contribution in [1.82, 2.24) is 5.43 Å². The number of hydrogen-bond acceptors (Lipinski definition) is 5. The average Bonchev–Trinajstić information content (AvgIpc) is 3.02. The number of hydrogen-bond donors (Lipinski definition) is 1. The zero-order valence-corrected chi connectivity index (χ0v) is 16.1. The fourth-order valence-corrected chi connectivity index (χ4v) is 3.15. The number of amides is 1. The minimum atomic E-state index is -0.465. The number of aryl methyl sites for hydroxylation is 1. The van der Waals surface area contributed by atoms with E-state index in [9.17, 15) is 9.59 Å². The van der Waals surface area contributed by atoms with Gasteiger partial charge < -0.3 is 9.15 Å². The standard InChI is InChI=1S/C20H21ClN2O4/c1-3-11-26-20(25)18-12(2)17-15(5-4-6-16(17)27-18)22-23-19(24)13-7-9-14(21)10-8-13/h7-10H,3-6,11H2,1-2H3,(H,23,24)/b22-15+. The summed E-state index contributed by atoms with van der Waals surface area (Å²) in [6.45, 7) is 4.09. The van der Waals surface area contributed by atoms with Crippen LogP contribution in [0.15, 0.2) is 33.8 Å². The molecule has 6 nitrogen and oxygen atoms in total. The number of carbonyl (C=O) groups excluding carboxylic acids is 2. The maximum Gasteiger partial charge on any atom is 0.374 e. The van der Waals surface area contributed by atoms with E-state index in [1.165, 1.54) is 0 Å². The average molecular weight is 389 g/mol. The SMILES string of the molecule is CCCOC(=O)c1oc2c(c1C)/C(=N/NC(=O)c1ccc(Cl)cc1)CCC2. The first-order chi connectivity index (χ1) is 13.0. The molecule has 1 aromatic carbocycles. The first-order valence-corrected chi connectivity index (χ1v) is 9.31. The van der Waals surface area contributed by atoms with Crippen molar-refractivity contribution in [3.8, 4) is 0 Å². The van der Waals surface area contributed by atoms with Gasteiger partial charge in [0.25, 0.3) is 5.91 Å². The van der Waals surface area contributed by atoms with Crippen LogP contribution in [0.3, 0.4) is 0 Å². The lowest BCUT2D eigenvalue weighted by atomic mass is 9.93. The van der Waals surface area contributed by atoms with Crippen LogP contribution < -0.4 is 5.43 Å². The molecule has 1 amide bonds. The smallest absolute Gasteiger partial charge is 0.374 e. The van der Waals surface area contributed by atoms with Gasteiger partial charge in [-0.25, -0.2) is 10.2 Å². The predicted octanol–water partition coefficient (Wildman–Crippen LogP) is 4.28. The molecule has 0 atom stereocenters. The van der Waals surface area contributed by atoms with Crippen molar-refractivity contribution >= 4 is 29.2 Å². The lowest BCUT2D eigenvalue weighted by molar-refractivity contribution is 0.0465. The molecule has 0 aliphatic heterocycles. The van der Waals surface area contributed by atoms with E-state index in [4.69, 9.17) is 20.8 Å². The Morgan fingerprint density at radius 3 is 2.70 bits per heavy atom. The molecule has 7 heteroatoms. The molecular formula is C20H21ClN2O4. The van der Waals surface area contributed by atoms with Crippen molar-refractivity contribution in [1.29, 1.82) is 0 Å². The number of nitrogens with one attached hydrogen (secondary N) is 1. The molecule has 0 saturated heterocycles. The van der Waals surface area contributed by atoms with Crippen molar-refractivity contribution in [2.24, 2.45) is 5.10 Å². The number of hydrazone groups is 1. The van der Waals surface area contributed by atoms with Gasteiger partial charge in [0, 0.05) is 28.1 Å². The quantitative estimate of drug-likeness (QED) is 0.612. The van der Waals surface area contributed by atoms with Crippen LogP contribution in [0.5, 0.6) is 0 Å². The number of benzene rings is 1. The van der Waals surface area contributed by atoms with Gasteiger partial charge in [-0.2, -0.15) is 5.10 Å². The molecule has 27 heavy (non-hydrogen) atoms. The van der Waals surface area contributed by atoms with Gasteiger partial charge in [-0.3, -0.25) is 4.79 Å². The van der Waals surface area contributed by atoms with Crippen LogP contribution in [0.2, 0.25) is 5.02 Å². The second-order valence-electron chi connectivity index (χ2n) is 6.35. The highest BCUT2D eigenvalue weighted by Gasteiger charge is 2.28. The van der Waals surface area contributed by atoms with Crippen molar-refractivity contribution in [3.05, 3.63) is 57.5 Å². The van der Waals surface area contributed by atoms with Crippen LogP contribution in [0, 0.1) is 6.92 Å². The zero-order chi connectivity index (χ0) is 19.4. The van der Waals surface area contributed by atoms with Crippen LogP contribution in [-0.2, 0) is 11.2 Å². The van der Waals surface area contributed by atoms with E-state index in [0.29, 0.717) is 40.6 Å². The van der Waals surface area contributed by atoms with Gasteiger partial charge in [-0.1, -0.05) is 18.5 Å². The van der Waals surface area contributed by atoms with E-state index in [2.05, 4.69) is 10.5 Å². The molecule has 1 aliphatic rings. The molecule has 1 N–H and O–H groups in total. The number of nitrogens with zero attached hydrogens (tertiary/aromatic N) is 1. The molecule has 0 fully saturated rings. The van der Waals surface area contributed by atoms with Gasteiger partial charge in [-0.05, 0) is 50.5 Å². The molecule has 2 aromatic rings. The Labute approximate surface area is 162 Å². The van der Waals surface area contributed by atoms with Crippen LogP contribution in [0.25, 0.3) is 0 Å². The summed E-state index contributed by atoms with van der Waals surface area (Å²) in [7, 11) is 0. The lowest BCUT2D eigenvalue weighted by Gasteiger charge is -2.13. The summed E-state index contributed by atoms with van der Waals surface area (Å²) < 4.78 is 10.9. The van der Waals surface area contributed by atoms with E-state index in [-0.39, 0.29) is 11.7 Å². The maximum absolute atomic E-state index is 12.3. The number of esters is 1. The van der Waals surface area contributed by atoms with E-state index in [1.54, 1.807) is 24.3 Å². The molecule has 1 aliphatic carbocycles. The summed E-state index contributed by atoms with van der Waals surface area (Å²) in [6, 6.07) is 6.57. The Morgan fingerprint density at radius 2 is 2.00 bits per heavy atom. The minimum absolute atomic E-state index is 0.215. The summed E-state index contributed by atoms with van der Waals surface area (Å²) in [5.74, 6) is 0.136. The van der Waals surface area contributed by atoms with Gasteiger partial charge >= 0.3 is 5.97 Å². The fourth-order valence-electron chi connectivity index (χ4n) is 3.02. The summed E-state index contributed by atoms with van der Waals surface area (Å²) in [5, 5.41) is 4.85. The maximum atomic E-state index is 12.3. The molecule has 1 aromatic heterocycles. The van der Waals surface area contributed by atoms with E-state index in [0.717, 1.165) is 24.8 Å².